The van der Waals surface area contributed by atoms with Crippen molar-refractivity contribution in [2.45, 2.75) is 0 Å². The van der Waals surface area contributed by atoms with E-state index in [9.17, 15) is 0 Å². The Bertz CT molecular complexity index is 661. The zero-order chi connectivity index (χ0) is 12.4. The van der Waals surface area contributed by atoms with Crippen LogP contribution in [0, 0.1) is 0 Å². The lowest BCUT2D eigenvalue weighted by Gasteiger charge is -2.07. The minimum absolute atomic E-state index is 0.324. The maximum Gasteiger partial charge on any atom is 0.241 e. The van der Waals surface area contributed by atoms with Crippen molar-refractivity contribution >= 4 is 28.5 Å². The summed E-state index contributed by atoms with van der Waals surface area (Å²) in [6.45, 7) is 0. The lowest BCUT2D eigenvalue weighted by Crippen LogP contribution is -2.11. The molecule has 0 saturated heterocycles. The Kier molecular flexibility index (Phi) is 2.50. The van der Waals surface area contributed by atoms with Gasteiger partial charge >= 0.3 is 0 Å². The number of nitrogens with one attached hydrogen (secondary N) is 3. The van der Waals surface area contributed by atoms with Gasteiger partial charge in [0.15, 0.2) is 5.65 Å². The molecule has 0 spiro atoms. The normalized spacial score (nSPS) is 10.5. The Morgan fingerprint density at radius 3 is 2.72 bits per heavy atom. The van der Waals surface area contributed by atoms with Gasteiger partial charge in [-0.05, 0) is 12.1 Å². The van der Waals surface area contributed by atoms with Crippen molar-refractivity contribution in [3.8, 4) is 0 Å². The molecule has 2 aromatic heterocycles. The van der Waals surface area contributed by atoms with Crippen LogP contribution in [0.3, 0.4) is 0 Å². The number of hydrogen-bond donors (Lipinski definition) is 4. The van der Waals surface area contributed by atoms with Crippen molar-refractivity contribution in [3.05, 3.63) is 36.5 Å². The molecule has 0 aliphatic carbocycles. The summed E-state index contributed by atoms with van der Waals surface area (Å²) in [5.41, 5.74) is 3.98. The number of anilines is 3. The van der Waals surface area contributed by atoms with E-state index in [2.05, 4.69) is 30.9 Å². The third-order valence-electron chi connectivity index (χ3n) is 2.48. The highest BCUT2D eigenvalue weighted by molar-refractivity contribution is 5.88. The van der Waals surface area contributed by atoms with Gasteiger partial charge in [-0.25, -0.2) is 5.84 Å². The van der Waals surface area contributed by atoms with Crippen molar-refractivity contribution < 1.29 is 0 Å². The Morgan fingerprint density at radius 2 is 1.94 bits per heavy atom. The van der Waals surface area contributed by atoms with Gasteiger partial charge in [0, 0.05) is 5.69 Å². The number of aromatic amines is 1. The summed E-state index contributed by atoms with van der Waals surface area (Å²) in [6, 6.07) is 9.73. The van der Waals surface area contributed by atoms with E-state index < -0.39 is 0 Å². The number of rotatable bonds is 3. The van der Waals surface area contributed by atoms with Gasteiger partial charge in [-0.15, -0.1) is 0 Å². The Labute approximate surface area is 102 Å². The van der Waals surface area contributed by atoms with Crippen LogP contribution in [0.1, 0.15) is 0 Å². The number of H-pyrrole nitrogens is 1. The van der Waals surface area contributed by atoms with Gasteiger partial charge in [0.2, 0.25) is 5.95 Å². The molecule has 7 nitrogen and oxygen atoms in total. The smallest absolute Gasteiger partial charge is 0.241 e. The first kappa shape index (κ1) is 10.5. The Balaban J connectivity index is 2.07. The molecule has 90 valence electrons. The highest BCUT2D eigenvalue weighted by atomic mass is 15.3. The zero-order valence-electron chi connectivity index (χ0n) is 9.38. The van der Waals surface area contributed by atoms with Gasteiger partial charge in [-0.3, -0.25) is 10.5 Å². The quantitative estimate of drug-likeness (QED) is 0.408. The second-order valence-corrected chi connectivity index (χ2v) is 3.66. The molecular weight excluding hydrogens is 230 g/mol. The molecule has 0 amide bonds. The minimum Gasteiger partial charge on any atom is -0.339 e. The summed E-state index contributed by atoms with van der Waals surface area (Å²) >= 11 is 0. The molecule has 7 heteroatoms. The van der Waals surface area contributed by atoms with Gasteiger partial charge in [-0.2, -0.15) is 15.1 Å². The van der Waals surface area contributed by atoms with E-state index in [0.29, 0.717) is 17.4 Å². The van der Waals surface area contributed by atoms with Gasteiger partial charge < -0.3 is 5.32 Å². The fourth-order valence-corrected chi connectivity index (χ4v) is 1.65. The molecule has 1 aromatic carbocycles. The fourth-order valence-electron chi connectivity index (χ4n) is 1.65. The van der Waals surface area contributed by atoms with Crippen molar-refractivity contribution in [3.63, 3.8) is 0 Å². The zero-order valence-corrected chi connectivity index (χ0v) is 9.38. The van der Waals surface area contributed by atoms with E-state index in [1.807, 2.05) is 30.3 Å². The molecule has 0 bridgehead atoms. The molecule has 3 rings (SSSR count). The molecule has 0 aliphatic heterocycles. The van der Waals surface area contributed by atoms with E-state index in [1.54, 1.807) is 6.20 Å². The second kappa shape index (κ2) is 4.30. The molecule has 0 aliphatic rings. The van der Waals surface area contributed by atoms with Crippen LogP contribution >= 0.6 is 0 Å². The van der Waals surface area contributed by atoms with Crippen molar-refractivity contribution in [2.75, 3.05) is 10.7 Å². The van der Waals surface area contributed by atoms with Gasteiger partial charge in [0.25, 0.3) is 0 Å². The number of nitrogens with two attached hydrogens (primary N) is 1. The number of aromatic nitrogens is 4. The van der Waals surface area contributed by atoms with E-state index in [1.165, 1.54) is 0 Å². The highest BCUT2D eigenvalue weighted by Gasteiger charge is 2.08. The average molecular weight is 241 g/mol. The van der Waals surface area contributed by atoms with Crippen LogP contribution in [0.2, 0.25) is 0 Å². The number of hydrazine groups is 1. The van der Waals surface area contributed by atoms with Crippen LogP contribution in [0.15, 0.2) is 36.5 Å². The summed E-state index contributed by atoms with van der Waals surface area (Å²) < 4.78 is 0. The molecule has 2 heterocycles. The summed E-state index contributed by atoms with van der Waals surface area (Å²) in [6.07, 6.45) is 1.67. The van der Waals surface area contributed by atoms with Gasteiger partial charge in [-0.1, -0.05) is 18.2 Å². The SMILES string of the molecule is NNc1nc(Nc2ccccc2)c2cn[nH]c2n1. The predicted molar refractivity (Wildman–Crippen MR) is 69.2 cm³/mol. The summed E-state index contributed by atoms with van der Waals surface area (Å²) in [5.74, 6) is 6.31. The van der Waals surface area contributed by atoms with Gasteiger partial charge in [0.05, 0.1) is 11.6 Å². The lowest BCUT2D eigenvalue weighted by atomic mass is 10.3. The topological polar surface area (TPSA) is 105 Å². The third-order valence-corrected chi connectivity index (χ3v) is 2.48. The number of fused-ring (bicyclic) bond motifs is 1. The van der Waals surface area contributed by atoms with E-state index in [4.69, 9.17) is 5.84 Å². The first-order chi connectivity index (χ1) is 8.86. The minimum atomic E-state index is 0.324. The average Bonchev–Trinajstić information content (AvgIpc) is 2.88. The largest absolute Gasteiger partial charge is 0.339 e. The molecule has 18 heavy (non-hydrogen) atoms. The standard InChI is InChI=1S/C11H11N7/c12-17-11-15-9(8-6-13-18-10(8)16-11)14-7-4-2-1-3-5-7/h1-6H,12H2,(H3,13,14,15,16,17,18). The Hall–Kier alpha value is -2.67. The van der Waals surface area contributed by atoms with Crippen molar-refractivity contribution in [1.82, 2.24) is 20.2 Å². The third kappa shape index (κ3) is 1.82. The molecule has 0 unspecified atom stereocenters. The summed E-state index contributed by atoms with van der Waals surface area (Å²) in [4.78, 5) is 8.42. The molecule has 3 aromatic rings. The molecule has 0 atom stereocenters. The molecule has 0 fully saturated rings. The molecule has 0 saturated carbocycles. The number of para-hydroxylation sites is 1. The summed E-state index contributed by atoms with van der Waals surface area (Å²) in [5, 5.41) is 10.7. The number of benzene rings is 1. The first-order valence-corrected chi connectivity index (χ1v) is 5.36. The van der Waals surface area contributed by atoms with Crippen LogP contribution in [-0.2, 0) is 0 Å². The van der Waals surface area contributed by atoms with Crippen LogP contribution in [0.25, 0.3) is 11.0 Å². The molecule has 0 radical (unpaired) electrons. The molecular formula is C11H11N7. The van der Waals surface area contributed by atoms with E-state index >= 15 is 0 Å². The van der Waals surface area contributed by atoms with E-state index in [-0.39, 0.29) is 0 Å². The van der Waals surface area contributed by atoms with Crippen LogP contribution in [-0.4, -0.2) is 20.2 Å². The molecule has 5 N–H and O–H groups in total. The summed E-state index contributed by atoms with van der Waals surface area (Å²) in [7, 11) is 0. The van der Waals surface area contributed by atoms with Gasteiger partial charge in [0.1, 0.15) is 5.82 Å². The monoisotopic (exact) mass is 241 g/mol. The lowest BCUT2D eigenvalue weighted by molar-refractivity contribution is 1.08. The number of nitrogen functional groups attached to an aromatic ring is 1. The highest BCUT2D eigenvalue weighted by Crippen LogP contribution is 2.23. The van der Waals surface area contributed by atoms with Crippen LogP contribution in [0.4, 0.5) is 17.5 Å². The van der Waals surface area contributed by atoms with Crippen LogP contribution < -0.4 is 16.6 Å². The van der Waals surface area contributed by atoms with Crippen molar-refractivity contribution in [1.29, 1.82) is 0 Å². The van der Waals surface area contributed by atoms with Crippen molar-refractivity contribution in [2.24, 2.45) is 5.84 Å². The second-order valence-electron chi connectivity index (χ2n) is 3.66. The number of nitrogens with zero attached hydrogens (tertiary/aromatic N) is 3. The number of hydrogen-bond acceptors (Lipinski definition) is 6. The Morgan fingerprint density at radius 1 is 1.11 bits per heavy atom. The maximum atomic E-state index is 5.33. The maximum absolute atomic E-state index is 5.33. The van der Waals surface area contributed by atoms with Crippen LogP contribution in [0.5, 0.6) is 0 Å². The first-order valence-electron chi connectivity index (χ1n) is 5.36. The fraction of sp³-hybridized carbons (Fsp3) is 0. The predicted octanol–water partition coefficient (Wildman–Crippen LogP) is 1.38. The van der Waals surface area contributed by atoms with E-state index in [0.717, 1.165) is 11.1 Å².